The van der Waals surface area contributed by atoms with Crippen molar-refractivity contribution in [3.8, 4) is 11.6 Å². The molecule has 7 nitrogen and oxygen atoms in total. The fourth-order valence-electron chi connectivity index (χ4n) is 4.35. The number of nitrogens with zero attached hydrogens (tertiary/aromatic N) is 4. The number of aryl methyl sites for hydroxylation is 1. The Morgan fingerprint density at radius 2 is 1.83 bits per heavy atom. The van der Waals surface area contributed by atoms with Crippen molar-refractivity contribution >= 4 is 27.6 Å². The van der Waals surface area contributed by atoms with Crippen molar-refractivity contribution < 1.29 is 19.4 Å². The van der Waals surface area contributed by atoms with Crippen LogP contribution in [0.15, 0.2) is 67.1 Å². The number of aromatic nitrogens is 3. The number of hydrogen-bond donors (Lipinski definition) is 2. The largest absolute Gasteiger partial charge is 0.505 e. The van der Waals surface area contributed by atoms with Gasteiger partial charge in [0.1, 0.15) is 11.3 Å². The van der Waals surface area contributed by atoms with Gasteiger partial charge in [-0.15, -0.1) is 0 Å². The number of benzene rings is 2. The second kappa shape index (κ2) is 8.72. The van der Waals surface area contributed by atoms with Gasteiger partial charge in [0.25, 0.3) is 5.91 Å². The van der Waals surface area contributed by atoms with Gasteiger partial charge >= 0.3 is 0 Å². The maximum Gasteiger partial charge on any atom is 0.255 e. The van der Waals surface area contributed by atoms with Crippen molar-refractivity contribution in [1.82, 2.24) is 19.4 Å². The third kappa shape index (κ3) is 4.03. The van der Waals surface area contributed by atoms with Gasteiger partial charge < -0.3 is 19.7 Å². The molecule has 0 spiro atoms. The molecule has 0 unspecified atom stereocenters. The van der Waals surface area contributed by atoms with E-state index in [4.69, 9.17) is 0 Å². The zero-order valence-corrected chi connectivity index (χ0v) is 19.2. The summed E-state index contributed by atoms with van der Waals surface area (Å²) in [5, 5.41) is 22.7. The van der Waals surface area contributed by atoms with Crippen LogP contribution in [-0.2, 0) is 20.0 Å². The van der Waals surface area contributed by atoms with Gasteiger partial charge in [-0.2, -0.15) is 0 Å². The standard InChI is InChI=1S/C27H23FN4O3/c1-31(14-19-5-3-4-10-29-19)26(34)22-20-12-17(11-16-6-8-18(28)9-7-16)13-30-24(20)25(33)23-21(22)15-32(2)27(23)35/h3-10,12-13,15,33,35H,11,14H2,1-2H3. The van der Waals surface area contributed by atoms with E-state index in [0.29, 0.717) is 22.8 Å². The minimum Gasteiger partial charge on any atom is -0.505 e. The Morgan fingerprint density at radius 1 is 1.06 bits per heavy atom. The van der Waals surface area contributed by atoms with Crippen LogP contribution in [-0.4, -0.2) is 42.6 Å². The van der Waals surface area contributed by atoms with Crippen LogP contribution in [0.25, 0.3) is 21.7 Å². The lowest BCUT2D eigenvalue weighted by Crippen LogP contribution is -2.27. The van der Waals surface area contributed by atoms with E-state index in [1.54, 1.807) is 49.7 Å². The maximum absolute atomic E-state index is 13.8. The second-order valence-electron chi connectivity index (χ2n) is 8.60. The number of rotatable bonds is 5. The van der Waals surface area contributed by atoms with Crippen molar-refractivity contribution in [3.05, 3.63) is 95.3 Å². The molecule has 176 valence electrons. The summed E-state index contributed by atoms with van der Waals surface area (Å²) in [4.78, 5) is 24.1. The molecule has 0 bridgehead atoms. The summed E-state index contributed by atoms with van der Waals surface area (Å²) in [5.41, 5.74) is 2.96. The average Bonchev–Trinajstić information content (AvgIpc) is 3.15. The van der Waals surface area contributed by atoms with Gasteiger partial charge in [-0.3, -0.25) is 14.8 Å². The lowest BCUT2D eigenvalue weighted by Gasteiger charge is -2.19. The molecule has 35 heavy (non-hydrogen) atoms. The molecule has 5 rings (SSSR count). The Kier molecular flexibility index (Phi) is 5.56. The Bertz CT molecular complexity index is 1560. The summed E-state index contributed by atoms with van der Waals surface area (Å²) in [6.07, 6.45) is 5.38. The van der Waals surface area contributed by atoms with Crippen LogP contribution in [0.2, 0.25) is 0 Å². The lowest BCUT2D eigenvalue weighted by molar-refractivity contribution is 0.0787. The Hall–Kier alpha value is -4.46. The minimum atomic E-state index is -0.314. The highest BCUT2D eigenvalue weighted by molar-refractivity contribution is 6.21. The van der Waals surface area contributed by atoms with Crippen LogP contribution in [0.1, 0.15) is 27.2 Å². The molecule has 0 atom stereocenters. The van der Waals surface area contributed by atoms with Crippen molar-refractivity contribution in [3.63, 3.8) is 0 Å². The molecule has 2 aromatic carbocycles. The van der Waals surface area contributed by atoms with E-state index in [2.05, 4.69) is 9.97 Å². The molecule has 3 aromatic heterocycles. The summed E-state index contributed by atoms with van der Waals surface area (Å²) in [6.45, 7) is 0.283. The third-order valence-corrected chi connectivity index (χ3v) is 6.10. The Labute approximate surface area is 200 Å². The summed E-state index contributed by atoms with van der Waals surface area (Å²) in [7, 11) is 3.32. The van der Waals surface area contributed by atoms with E-state index in [1.165, 1.54) is 16.7 Å². The van der Waals surface area contributed by atoms with E-state index >= 15 is 0 Å². The molecule has 3 heterocycles. The molecule has 5 aromatic rings. The van der Waals surface area contributed by atoms with Crippen LogP contribution in [0.4, 0.5) is 4.39 Å². The maximum atomic E-state index is 13.8. The highest BCUT2D eigenvalue weighted by Gasteiger charge is 2.26. The molecule has 0 aliphatic rings. The number of hydrogen-bond acceptors (Lipinski definition) is 5. The molecule has 0 aliphatic carbocycles. The molecule has 8 heteroatoms. The molecule has 1 amide bonds. The van der Waals surface area contributed by atoms with Gasteiger partial charge in [-0.05, 0) is 47.9 Å². The lowest BCUT2D eigenvalue weighted by atomic mass is 9.97. The first-order valence-electron chi connectivity index (χ1n) is 11.0. The smallest absolute Gasteiger partial charge is 0.255 e. The van der Waals surface area contributed by atoms with E-state index in [-0.39, 0.29) is 40.8 Å². The number of carbonyl (C=O) groups excluding carboxylic acids is 1. The van der Waals surface area contributed by atoms with E-state index in [1.807, 2.05) is 24.3 Å². The topological polar surface area (TPSA) is 91.5 Å². The van der Waals surface area contributed by atoms with Gasteiger partial charge in [0, 0.05) is 43.5 Å². The number of phenolic OH excluding ortho intramolecular Hbond substituents is 1. The van der Waals surface area contributed by atoms with Crippen molar-refractivity contribution in [2.75, 3.05) is 7.05 Å². The number of phenols is 1. The summed E-state index contributed by atoms with van der Waals surface area (Å²) in [6, 6.07) is 13.5. The zero-order chi connectivity index (χ0) is 24.7. The molecule has 0 saturated heterocycles. The first kappa shape index (κ1) is 22.3. The summed E-state index contributed by atoms with van der Waals surface area (Å²) < 4.78 is 14.8. The number of fused-ring (bicyclic) bond motifs is 2. The van der Waals surface area contributed by atoms with Gasteiger partial charge in [-0.1, -0.05) is 18.2 Å². The van der Waals surface area contributed by atoms with Crippen molar-refractivity contribution in [1.29, 1.82) is 0 Å². The molecule has 0 fully saturated rings. The monoisotopic (exact) mass is 470 g/mol. The fourth-order valence-corrected chi connectivity index (χ4v) is 4.35. The van der Waals surface area contributed by atoms with E-state index in [9.17, 15) is 19.4 Å². The normalized spacial score (nSPS) is 11.3. The quantitative estimate of drug-likeness (QED) is 0.394. The second-order valence-corrected chi connectivity index (χ2v) is 8.60. The van der Waals surface area contributed by atoms with Gasteiger partial charge in [0.05, 0.1) is 23.2 Å². The molecular formula is C27H23FN4O3. The zero-order valence-electron chi connectivity index (χ0n) is 19.2. The minimum absolute atomic E-state index is 0.155. The molecule has 0 radical (unpaired) electrons. The van der Waals surface area contributed by atoms with Crippen LogP contribution < -0.4 is 0 Å². The SMILES string of the molecule is CN(Cc1ccccn1)C(=O)c1c2cc(Cc3ccc(F)cc3)cnc2c(O)c2c(O)n(C)cc12. The third-order valence-electron chi connectivity index (χ3n) is 6.10. The van der Waals surface area contributed by atoms with E-state index in [0.717, 1.165) is 16.8 Å². The predicted molar refractivity (Wildman–Crippen MR) is 131 cm³/mol. The summed E-state index contributed by atoms with van der Waals surface area (Å²) in [5.74, 6) is -0.953. The van der Waals surface area contributed by atoms with Crippen LogP contribution in [0.3, 0.4) is 0 Å². The van der Waals surface area contributed by atoms with Crippen molar-refractivity contribution in [2.24, 2.45) is 7.05 Å². The van der Waals surface area contributed by atoms with Crippen LogP contribution >= 0.6 is 0 Å². The van der Waals surface area contributed by atoms with Crippen LogP contribution in [0.5, 0.6) is 11.6 Å². The number of halogens is 1. The number of amides is 1. The summed E-state index contributed by atoms with van der Waals surface area (Å²) >= 11 is 0. The highest BCUT2D eigenvalue weighted by atomic mass is 19.1. The molecule has 0 aliphatic heterocycles. The average molecular weight is 471 g/mol. The molecule has 2 N–H and O–H groups in total. The van der Waals surface area contributed by atoms with Gasteiger partial charge in [-0.25, -0.2) is 4.39 Å². The number of aromatic hydroxyl groups is 2. The Morgan fingerprint density at radius 3 is 2.54 bits per heavy atom. The molecular weight excluding hydrogens is 447 g/mol. The highest BCUT2D eigenvalue weighted by Crippen LogP contribution is 2.42. The van der Waals surface area contributed by atoms with Crippen molar-refractivity contribution in [2.45, 2.75) is 13.0 Å². The first-order valence-corrected chi connectivity index (χ1v) is 11.0. The fraction of sp³-hybridized carbons (Fsp3) is 0.148. The van der Waals surface area contributed by atoms with Gasteiger partial charge in [0.2, 0.25) is 5.88 Å². The first-order chi connectivity index (χ1) is 16.8. The molecule has 0 saturated carbocycles. The number of carbonyl (C=O) groups is 1. The predicted octanol–water partition coefficient (Wildman–Crippen LogP) is 4.53. The van der Waals surface area contributed by atoms with E-state index < -0.39 is 0 Å². The van der Waals surface area contributed by atoms with Crippen LogP contribution in [0, 0.1) is 5.82 Å². The Balaban J connectivity index is 1.67. The number of pyridine rings is 2. The van der Waals surface area contributed by atoms with Gasteiger partial charge in [0.15, 0.2) is 5.75 Å².